The summed E-state index contributed by atoms with van der Waals surface area (Å²) >= 11 is 0. The van der Waals surface area contributed by atoms with Crippen molar-refractivity contribution >= 4 is 17.7 Å². The zero-order valence-electron chi connectivity index (χ0n) is 14.2. The Bertz CT molecular complexity index is 581. The topological polar surface area (TPSA) is 66.7 Å². The van der Waals surface area contributed by atoms with E-state index in [0.29, 0.717) is 5.41 Å². The van der Waals surface area contributed by atoms with Gasteiger partial charge in [0.2, 0.25) is 0 Å². The van der Waals surface area contributed by atoms with E-state index in [1.807, 2.05) is 18.2 Å². The fourth-order valence-electron chi connectivity index (χ4n) is 3.71. The minimum Gasteiger partial charge on any atom is -0.662 e. The van der Waals surface area contributed by atoms with E-state index in [1.54, 1.807) is 11.6 Å². The number of nitrogens with zero attached hydrogens (tertiary/aromatic N) is 2. The number of anilines is 1. The van der Waals surface area contributed by atoms with Crippen molar-refractivity contribution < 1.29 is 58.2 Å². The smallest absolute Gasteiger partial charge is 0.662 e. The van der Waals surface area contributed by atoms with Crippen LogP contribution in [-0.4, -0.2) is 37.3 Å². The van der Waals surface area contributed by atoms with Crippen LogP contribution in [0.25, 0.3) is 11.4 Å². The Labute approximate surface area is 183 Å². The molecule has 0 bridgehead atoms. The number of hydrogen-bond acceptors (Lipinski definition) is 3. The van der Waals surface area contributed by atoms with Gasteiger partial charge >= 0.3 is 17.1 Å². The summed E-state index contributed by atoms with van der Waals surface area (Å²) in [6.07, 6.45) is 8.01. The summed E-state index contributed by atoms with van der Waals surface area (Å²) in [6.45, 7) is 4.13. The minimum atomic E-state index is -0.513. The van der Waals surface area contributed by atoms with Crippen molar-refractivity contribution in [2.75, 3.05) is 31.1 Å². The number of carbonyl (C=O) groups excluding carboxylic acids is 1. The maximum Gasteiger partial charge on any atom is 1.00 e. The zero-order valence-corrected chi connectivity index (χ0v) is 19.3. The molecule has 1 aromatic carbocycles. The van der Waals surface area contributed by atoms with Crippen LogP contribution in [0.1, 0.15) is 31.2 Å². The molecule has 2 fully saturated rings. The van der Waals surface area contributed by atoms with Crippen LogP contribution in [0.4, 0.5) is 5.69 Å². The van der Waals surface area contributed by atoms with Crippen molar-refractivity contribution in [2.24, 2.45) is 5.41 Å². The molecule has 5 nitrogen and oxygen atoms in total. The molecule has 0 unspecified atom stereocenters. The first kappa shape index (κ1) is 22.8. The Kier molecular flexibility index (Phi) is 9.81. The summed E-state index contributed by atoms with van der Waals surface area (Å²) in [7, 11) is 0. The second kappa shape index (κ2) is 10.8. The van der Waals surface area contributed by atoms with Gasteiger partial charge in [-0.15, -0.1) is 13.1 Å². The van der Waals surface area contributed by atoms with Gasteiger partial charge in [0.25, 0.3) is 5.91 Å². The summed E-state index contributed by atoms with van der Waals surface area (Å²) in [6, 6.07) is 8.08. The van der Waals surface area contributed by atoms with E-state index in [9.17, 15) is 4.79 Å². The molecule has 2 N–H and O–H groups in total. The van der Waals surface area contributed by atoms with E-state index >= 15 is 0 Å². The fourth-order valence-corrected chi connectivity index (χ4v) is 3.71. The average Bonchev–Trinajstić information content (AvgIpc) is 2.61. The number of rotatable bonds is 3. The van der Waals surface area contributed by atoms with Gasteiger partial charge in [0.05, 0.1) is 0 Å². The Morgan fingerprint density at radius 1 is 1.24 bits per heavy atom. The molecule has 7 heteroatoms. The van der Waals surface area contributed by atoms with E-state index in [2.05, 4.69) is 16.3 Å². The quantitative estimate of drug-likeness (QED) is 0.238. The molecule has 0 aromatic heterocycles. The predicted octanol–water partition coefficient (Wildman–Crippen LogP) is 2.96. The van der Waals surface area contributed by atoms with Crippen molar-refractivity contribution in [1.82, 2.24) is 5.48 Å². The van der Waals surface area contributed by atoms with Crippen LogP contribution in [-0.2, 0) is 21.9 Å². The van der Waals surface area contributed by atoms with Crippen LogP contribution in [0, 0.1) is 36.5 Å². The summed E-state index contributed by atoms with van der Waals surface area (Å²) in [5, 5.41) is 13.2. The van der Waals surface area contributed by atoms with Crippen molar-refractivity contribution in [3.8, 4) is 0 Å². The second-order valence-corrected chi connectivity index (χ2v) is 6.56. The largest absolute Gasteiger partial charge is 1.00 e. The van der Waals surface area contributed by atoms with Gasteiger partial charge in [0.15, 0.2) is 0 Å². The van der Waals surface area contributed by atoms with E-state index in [1.165, 1.54) is 31.8 Å². The monoisotopic (exact) mass is 615 g/mol. The number of piperidine rings is 2. The molecule has 0 aliphatic carbocycles. The molecular weight excluding hydrogens is 592 g/mol. The molecule has 2 aliphatic heterocycles. The van der Waals surface area contributed by atoms with Crippen LogP contribution < -0.4 is 10.4 Å². The number of hydrogen-bond donors (Lipinski definition) is 2. The maximum atomic E-state index is 11.2. The van der Waals surface area contributed by atoms with E-state index in [4.69, 9.17) is 5.21 Å². The van der Waals surface area contributed by atoms with Crippen molar-refractivity contribution in [3.63, 3.8) is 0 Å². The average molecular weight is 616 g/mol. The van der Waals surface area contributed by atoms with Gasteiger partial charge in [-0.25, -0.2) is 5.48 Å². The molecule has 25 heavy (non-hydrogen) atoms. The number of hydroxylamine groups is 1. The van der Waals surface area contributed by atoms with Gasteiger partial charge in [0, 0.05) is 56.0 Å². The molecule has 3 rings (SSSR count). The van der Waals surface area contributed by atoms with Gasteiger partial charge in [-0.2, -0.15) is 0 Å². The van der Waals surface area contributed by atoms with Crippen LogP contribution in [0.5, 0.6) is 0 Å². The Hall–Kier alpha value is -0.279. The molecular formula is C18H24CuN3O2U. The molecule has 138 valence electrons. The van der Waals surface area contributed by atoms with Gasteiger partial charge in [0.1, 0.15) is 0 Å². The number of benzene rings is 1. The van der Waals surface area contributed by atoms with Gasteiger partial charge in [-0.1, -0.05) is 31.0 Å². The SMILES string of the molecule is O=C(/C=C/c1ccccc1N1CCC2(CCC[N-]C2)CC1)NO.[Cu+].[U]. The van der Waals surface area contributed by atoms with Gasteiger partial charge < -0.3 is 10.2 Å². The van der Waals surface area contributed by atoms with Crippen molar-refractivity contribution in [1.29, 1.82) is 0 Å². The second-order valence-electron chi connectivity index (χ2n) is 6.56. The molecule has 1 spiro atoms. The Balaban J connectivity index is 0.00000156. The van der Waals surface area contributed by atoms with E-state index in [-0.39, 0.29) is 48.2 Å². The normalized spacial score (nSPS) is 19.2. The molecule has 0 radical (unpaired) electrons. The van der Waals surface area contributed by atoms with Crippen molar-refractivity contribution in [2.45, 2.75) is 25.7 Å². The summed E-state index contributed by atoms with van der Waals surface area (Å²) in [5.74, 6) is -0.513. The Morgan fingerprint density at radius 2 is 1.96 bits per heavy atom. The number of amides is 1. The fraction of sp³-hybridized carbons (Fsp3) is 0.500. The number of carbonyl (C=O) groups is 1. The van der Waals surface area contributed by atoms with E-state index in [0.717, 1.165) is 37.4 Å². The maximum absolute atomic E-state index is 11.2. The Morgan fingerprint density at radius 3 is 2.60 bits per heavy atom. The van der Waals surface area contributed by atoms with E-state index < -0.39 is 5.91 Å². The molecule has 2 heterocycles. The minimum absolute atomic E-state index is 0. The van der Waals surface area contributed by atoms with Gasteiger partial charge in [-0.05, 0) is 36.0 Å². The third-order valence-corrected chi connectivity index (χ3v) is 5.10. The predicted molar refractivity (Wildman–Crippen MR) is 91.6 cm³/mol. The third-order valence-electron chi connectivity index (χ3n) is 5.10. The standard InChI is InChI=1S/C18H24N3O2.Cu.U/c22-17(20-23)7-6-15-4-1-2-5-16(15)21-12-9-18(10-13-21)8-3-11-19-14-18;;/h1-2,4-7,23H,3,8-14H2,(H,20,22);;/q-1;+1;/b7-6+;;. The van der Waals surface area contributed by atoms with Crippen LogP contribution in [0.3, 0.4) is 0 Å². The van der Waals surface area contributed by atoms with Crippen molar-refractivity contribution in [3.05, 3.63) is 41.2 Å². The first-order chi connectivity index (χ1) is 11.2. The summed E-state index contributed by atoms with van der Waals surface area (Å²) < 4.78 is 0. The number of nitrogens with one attached hydrogen (secondary N) is 1. The molecule has 0 saturated carbocycles. The first-order valence-corrected chi connectivity index (χ1v) is 8.32. The number of para-hydroxylation sites is 1. The van der Waals surface area contributed by atoms with Gasteiger partial charge in [-0.3, -0.25) is 10.0 Å². The summed E-state index contributed by atoms with van der Waals surface area (Å²) in [4.78, 5) is 13.6. The molecule has 1 amide bonds. The third kappa shape index (κ3) is 5.86. The zero-order chi connectivity index (χ0) is 16.1. The van der Waals surface area contributed by atoms with Crippen LogP contribution in [0.15, 0.2) is 30.3 Å². The molecule has 2 saturated heterocycles. The van der Waals surface area contributed by atoms with Crippen LogP contribution >= 0.6 is 0 Å². The molecule has 2 aliphatic rings. The summed E-state index contributed by atoms with van der Waals surface area (Å²) in [5.41, 5.74) is 4.20. The molecule has 0 atom stereocenters. The molecule has 1 aromatic rings. The van der Waals surface area contributed by atoms with Crippen LogP contribution in [0.2, 0.25) is 0 Å². The first-order valence-electron chi connectivity index (χ1n) is 8.32.